The average Bonchev–Trinajstić information content (AvgIpc) is 2.21. The second kappa shape index (κ2) is 4.48. The summed E-state index contributed by atoms with van der Waals surface area (Å²) in [5, 5.41) is 8.60. The van der Waals surface area contributed by atoms with Crippen LogP contribution in [-0.4, -0.2) is 17.6 Å². The molecule has 0 aliphatic heterocycles. The van der Waals surface area contributed by atoms with Gasteiger partial charge in [0.05, 0.1) is 5.92 Å². The summed E-state index contributed by atoms with van der Waals surface area (Å²) in [6, 6.07) is 0.00357. The van der Waals surface area contributed by atoms with Gasteiger partial charge in [0.1, 0.15) is 0 Å². The lowest BCUT2D eigenvalue weighted by Crippen LogP contribution is -2.24. The van der Waals surface area contributed by atoms with E-state index in [4.69, 9.17) is 10.8 Å². The molecule has 1 aromatic rings. The van der Waals surface area contributed by atoms with Gasteiger partial charge in [0.15, 0.2) is 23.3 Å². The molecule has 1 atom stereocenters. The predicted octanol–water partition coefficient (Wildman–Crippen LogP) is 1.37. The van der Waals surface area contributed by atoms with Gasteiger partial charge < -0.3 is 10.8 Å². The Bertz CT molecular complexity index is 410. The van der Waals surface area contributed by atoms with E-state index in [-0.39, 0.29) is 6.07 Å². The molecule has 0 aliphatic carbocycles. The highest BCUT2D eigenvalue weighted by molar-refractivity contribution is 5.76. The van der Waals surface area contributed by atoms with Crippen molar-refractivity contribution in [1.82, 2.24) is 0 Å². The topological polar surface area (TPSA) is 63.3 Å². The normalized spacial score (nSPS) is 12.6. The monoisotopic (exact) mass is 237 g/mol. The van der Waals surface area contributed by atoms with Crippen molar-refractivity contribution in [2.45, 2.75) is 5.92 Å². The first-order chi connectivity index (χ1) is 7.40. The van der Waals surface area contributed by atoms with Crippen molar-refractivity contribution in [2.75, 3.05) is 6.54 Å². The summed E-state index contributed by atoms with van der Waals surface area (Å²) in [5.41, 5.74) is 3.78. The molecule has 1 rings (SSSR count). The van der Waals surface area contributed by atoms with Crippen molar-refractivity contribution in [2.24, 2.45) is 5.73 Å². The van der Waals surface area contributed by atoms with Gasteiger partial charge in [-0.2, -0.15) is 0 Å². The van der Waals surface area contributed by atoms with Crippen molar-refractivity contribution in [3.63, 3.8) is 0 Å². The Labute approximate surface area is 87.5 Å². The molecule has 0 fully saturated rings. The largest absolute Gasteiger partial charge is 0.481 e. The molecule has 0 bridgehead atoms. The molecule has 7 heteroatoms. The van der Waals surface area contributed by atoms with Crippen LogP contribution in [0.2, 0.25) is 0 Å². The summed E-state index contributed by atoms with van der Waals surface area (Å²) >= 11 is 0. The van der Waals surface area contributed by atoms with Crippen LogP contribution in [0.1, 0.15) is 11.5 Å². The highest BCUT2D eigenvalue weighted by atomic mass is 19.2. The molecule has 1 unspecified atom stereocenters. The van der Waals surface area contributed by atoms with E-state index in [0.29, 0.717) is 0 Å². The molecular weight excluding hydrogens is 230 g/mol. The lowest BCUT2D eigenvalue weighted by Gasteiger charge is -2.12. The minimum Gasteiger partial charge on any atom is -0.481 e. The van der Waals surface area contributed by atoms with Crippen LogP contribution in [0.25, 0.3) is 0 Å². The van der Waals surface area contributed by atoms with Crippen molar-refractivity contribution in [3.05, 3.63) is 34.9 Å². The van der Waals surface area contributed by atoms with E-state index in [1.54, 1.807) is 0 Å². The average molecular weight is 237 g/mol. The first-order valence-electron chi connectivity index (χ1n) is 4.15. The van der Waals surface area contributed by atoms with E-state index < -0.39 is 47.3 Å². The number of carboxylic acids is 1. The molecule has 3 N–H and O–H groups in total. The third-order valence-corrected chi connectivity index (χ3v) is 2.03. The van der Waals surface area contributed by atoms with Gasteiger partial charge in [0.25, 0.3) is 0 Å². The van der Waals surface area contributed by atoms with Crippen molar-refractivity contribution >= 4 is 5.97 Å². The van der Waals surface area contributed by atoms with Gasteiger partial charge in [-0.05, 0) is 0 Å². The minimum atomic E-state index is -1.83. The number of rotatable bonds is 3. The summed E-state index contributed by atoms with van der Waals surface area (Å²) in [6.45, 7) is -0.675. The van der Waals surface area contributed by atoms with Crippen molar-refractivity contribution < 1.29 is 27.5 Å². The van der Waals surface area contributed by atoms with Crippen LogP contribution < -0.4 is 5.73 Å². The highest BCUT2D eigenvalue weighted by Gasteiger charge is 2.29. The second-order valence-corrected chi connectivity index (χ2v) is 3.01. The maximum absolute atomic E-state index is 13.1. The molecule has 16 heavy (non-hydrogen) atoms. The van der Waals surface area contributed by atoms with Crippen LogP contribution in [0, 0.1) is 23.3 Å². The Morgan fingerprint density at radius 2 is 1.69 bits per heavy atom. The molecule has 0 aliphatic rings. The zero-order valence-electron chi connectivity index (χ0n) is 7.81. The standard InChI is InChI=1S/C9H7F4NO2/c10-4-1-5(11)8(13)6(7(4)12)3(2-14)9(15)16/h1,3H,2,14H2,(H,15,16). The fraction of sp³-hybridized carbons (Fsp3) is 0.222. The predicted molar refractivity (Wildman–Crippen MR) is 45.7 cm³/mol. The van der Waals surface area contributed by atoms with Gasteiger partial charge in [0, 0.05) is 18.2 Å². The van der Waals surface area contributed by atoms with Crippen molar-refractivity contribution in [3.8, 4) is 0 Å². The number of hydrogen-bond acceptors (Lipinski definition) is 2. The number of halogens is 4. The minimum absolute atomic E-state index is 0.00357. The zero-order chi connectivity index (χ0) is 12.5. The van der Waals surface area contributed by atoms with Crippen LogP contribution in [-0.2, 0) is 4.79 Å². The summed E-state index contributed by atoms with van der Waals surface area (Å²) in [5.74, 6) is -10.3. The lowest BCUT2D eigenvalue weighted by atomic mass is 9.97. The van der Waals surface area contributed by atoms with Crippen LogP contribution in [0.15, 0.2) is 6.07 Å². The molecule has 0 spiro atoms. The number of benzene rings is 1. The van der Waals surface area contributed by atoms with Gasteiger partial charge in [-0.3, -0.25) is 4.79 Å². The first kappa shape index (κ1) is 12.4. The van der Waals surface area contributed by atoms with Crippen LogP contribution in [0.5, 0.6) is 0 Å². The second-order valence-electron chi connectivity index (χ2n) is 3.01. The number of hydrogen-bond donors (Lipinski definition) is 2. The molecule has 88 valence electrons. The first-order valence-corrected chi connectivity index (χ1v) is 4.15. The fourth-order valence-electron chi connectivity index (χ4n) is 1.24. The van der Waals surface area contributed by atoms with Gasteiger partial charge in [-0.15, -0.1) is 0 Å². The summed E-state index contributed by atoms with van der Waals surface area (Å²) in [7, 11) is 0. The summed E-state index contributed by atoms with van der Waals surface area (Å²) < 4.78 is 51.8. The van der Waals surface area contributed by atoms with Crippen LogP contribution in [0.4, 0.5) is 17.6 Å². The third-order valence-electron chi connectivity index (χ3n) is 2.03. The molecule has 0 heterocycles. The lowest BCUT2D eigenvalue weighted by molar-refractivity contribution is -0.138. The number of nitrogens with two attached hydrogens (primary N) is 1. The van der Waals surface area contributed by atoms with E-state index in [2.05, 4.69) is 0 Å². The Hall–Kier alpha value is -1.63. The van der Waals surface area contributed by atoms with Crippen LogP contribution in [0.3, 0.4) is 0 Å². The van der Waals surface area contributed by atoms with Gasteiger partial charge in [-0.25, -0.2) is 17.6 Å². The maximum atomic E-state index is 13.1. The fourth-order valence-corrected chi connectivity index (χ4v) is 1.24. The van der Waals surface area contributed by atoms with E-state index in [1.165, 1.54) is 0 Å². The van der Waals surface area contributed by atoms with Gasteiger partial charge >= 0.3 is 5.97 Å². The SMILES string of the molecule is NCC(C(=O)O)c1c(F)c(F)cc(F)c1F. The van der Waals surface area contributed by atoms with E-state index in [9.17, 15) is 22.4 Å². The zero-order valence-corrected chi connectivity index (χ0v) is 7.81. The highest BCUT2D eigenvalue weighted by Crippen LogP contribution is 2.26. The Kier molecular flexibility index (Phi) is 3.48. The molecule has 3 nitrogen and oxygen atoms in total. The molecular formula is C9H7F4NO2. The number of aliphatic carboxylic acids is 1. The van der Waals surface area contributed by atoms with Gasteiger partial charge in [0.2, 0.25) is 0 Å². The van der Waals surface area contributed by atoms with Crippen molar-refractivity contribution in [1.29, 1.82) is 0 Å². The number of carbonyl (C=O) groups is 1. The molecule has 0 amide bonds. The quantitative estimate of drug-likeness (QED) is 0.616. The van der Waals surface area contributed by atoms with E-state index >= 15 is 0 Å². The number of carboxylic acid groups (broad SMARTS) is 1. The van der Waals surface area contributed by atoms with E-state index in [1.807, 2.05) is 0 Å². The summed E-state index contributed by atoms with van der Waals surface area (Å²) in [4.78, 5) is 10.6. The molecule has 0 saturated heterocycles. The summed E-state index contributed by atoms with van der Waals surface area (Å²) in [6.07, 6.45) is 0. The Morgan fingerprint density at radius 3 is 2.00 bits per heavy atom. The Balaban J connectivity index is 3.47. The third kappa shape index (κ3) is 1.99. The van der Waals surface area contributed by atoms with Crippen LogP contribution >= 0.6 is 0 Å². The molecule has 0 radical (unpaired) electrons. The molecule has 0 saturated carbocycles. The van der Waals surface area contributed by atoms with E-state index in [0.717, 1.165) is 0 Å². The smallest absolute Gasteiger partial charge is 0.312 e. The maximum Gasteiger partial charge on any atom is 0.312 e. The Morgan fingerprint density at radius 1 is 1.25 bits per heavy atom. The molecule has 1 aromatic carbocycles. The van der Waals surface area contributed by atoms with Gasteiger partial charge in [-0.1, -0.05) is 0 Å². The molecule has 0 aromatic heterocycles.